The molecule has 0 spiro atoms. The molecule has 54 heavy (non-hydrogen) atoms. The lowest BCUT2D eigenvalue weighted by molar-refractivity contribution is -0.147. The highest BCUT2D eigenvalue weighted by Gasteiger charge is 2.23. The average molecular weight is 788 g/mol. The molecule has 2 unspecified atom stereocenters. The molecule has 9 nitrogen and oxygen atoms in total. The number of nitrogens with one attached hydrogen (secondary N) is 1. The van der Waals surface area contributed by atoms with Crippen molar-refractivity contribution in [3.63, 3.8) is 0 Å². The maximum atomic E-state index is 12.1. The van der Waals surface area contributed by atoms with Crippen LogP contribution >= 0.6 is 7.82 Å². The first-order chi connectivity index (χ1) is 26.3. The normalized spacial score (nSPS) is 13.3. The molecule has 0 bridgehead atoms. The highest BCUT2D eigenvalue weighted by Crippen LogP contribution is 2.42. The van der Waals surface area contributed by atoms with Gasteiger partial charge in [0.15, 0.2) is 0 Å². The quantitative estimate of drug-likeness (QED) is 0.0241. The summed E-state index contributed by atoms with van der Waals surface area (Å²) in [5, 5.41) is 12.7. The Kier molecular flexibility index (Phi) is 40.4. The molecule has 0 heterocycles. The summed E-state index contributed by atoms with van der Waals surface area (Å²) in [7, 11) is -4.41. The molecule has 3 N–H and O–H groups in total. The maximum Gasteiger partial charge on any atom is 0.472 e. The number of rotatable bonds is 43. The van der Waals surface area contributed by atoms with Crippen LogP contribution in [0.5, 0.6) is 0 Å². The largest absolute Gasteiger partial charge is 0.472 e. The van der Waals surface area contributed by atoms with Crippen LogP contribution in [0.2, 0.25) is 0 Å². The van der Waals surface area contributed by atoms with Crippen molar-refractivity contribution in [3.05, 3.63) is 12.2 Å². The fourth-order valence-electron chi connectivity index (χ4n) is 6.49. The molecule has 0 aliphatic heterocycles. The van der Waals surface area contributed by atoms with E-state index >= 15 is 0 Å². The molecule has 2 atom stereocenters. The van der Waals surface area contributed by atoms with E-state index in [1.165, 1.54) is 141 Å². The summed E-state index contributed by atoms with van der Waals surface area (Å²) >= 11 is 0. The van der Waals surface area contributed by atoms with Gasteiger partial charge in [0.1, 0.15) is 12.7 Å². The lowest BCUT2D eigenvalue weighted by Crippen LogP contribution is -2.27. The highest BCUT2D eigenvalue weighted by atomic mass is 31.2. The Morgan fingerprint density at radius 3 is 1.39 bits per heavy atom. The number of carbonyl (C=O) groups excluding carboxylic acids is 2. The topological polar surface area (TPSA) is 131 Å². The van der Waals surface area contributed by atoms with Crippen LogP contribution in [0.1, 0.15) is 226 Å². The number of phosphoric ester groups is 1. The van der Waals surface area contributed by atoms with Crippen molar-refractivity contribution in [2.24, 2.45) is 0 Å². The Morgan fingerprint density at radius 2 is 0.944 bits per heavy atom. The van der Waals surface area contributed by atoms with Gasteiger partial charge in [-0.2, -0.15) is 0 Å². The molecule has 0 rings (SSSR count). The minimum Gasteiger partial charge on any atom is -0.463 e. The van der Waals surface area contributed by atoms with Crippen molar-refractivity contribution in [2.45, 2.75) is 232 Å². The second kappa shape index (κ2) is 41.4. The van der Waals surface area contributed by atoms with E-state index in [4.69, 9.17) is 13.8 Å². The van der Waals surface area contributed by atoms with Gasteiger partial charge in [0.2, 0.25) is 5.91 Å². The van der Waals surface area contributed by atoms with Gasteiger partial charge in [0, 0.05) is 19.4 Å². The second-order valence-corrected chi connectivity index (χ2v) is 16.8. The minimum absolute atomic E-state index is 0.0856. The van der Waals surface area contributed by atoms with Crippen LogP contribution in [0.4, 0.5) is 0 Å². The van der Waals surface area contributed by atoms with Crippen LogP contribution in [0.25, 0.3) is 0 Å². The van der Waals surface area contributed by atoms with Gasteiger partial charge in [-0.25, -0.2) is 4.57 Å². The standard InChI is InChI=1S/C44H86NO8P/c1-3-5-7-9-11-13-15-17-19-20-21-23-24-26-28-30-32-34-36-43(47)45-38-39-52-54(49,50)53-41-42(46)40-51-44(48)37-35-33-31-29-27-25-22-18-16-14-12-10-8-6-4-2/h18,22,42,46H,3-17,19-21,23-41H2,1-2H3,(H,45,47)(H,49,50)/b22-18-. The zero-order chi connectivity index (χ0) is 39.6. The van der Waals surface area contributed by atoms with Crippen LogP contribution in [0.3, 0.4) is 0 Å². The van der Waals surface area contributed by atoms with Gasteiger partial charge < -0.3 is 20.1 Å². The Hall–Kier alpha value is -1.25. The van der Waals surface area contributed by atoms with Crippen molar-refractivity contribution in [3.8, 4) is 0 Å². The first-order valence-electron chi connectivity index (χ1n) is 22.7. The van der Waals surface area contributed by atoms with E-state index in [-0.39, 0.29) is 32.1 Å². The fourth-order valence-corrected chi connectivity index (χ4v) is 7.25. The third kappa shape index (κ3) is 41.9. The number of ether oxygens (including phenoxy) is 1. The molecule has 320 valence electrons. The Morgan fingerprint density at radius 1 is 0.556 bits per heavy atom. The van der Waals surface area contributed by atoms with Crippen molar-refractivity contribution in [1.82, 2.24) is 5.32 Å². The molecule has 1 amide bonds. The molecular weight excluding hydrogens is 701 g/mol. The number of aliphatic hydroxyl groups excluding tert-OH is 1. The van der Waals surface area contributed by atoms with Crippen LogP contribution in [0, 0.1) is 0 Å². The molecule has 0 aromatic heterocycles. The maximum absolute atomic E-state index is 12.1. The fraction of sp³-hybridized carbons (Fsp3) is 0.909. The summed E-state index contributed by atoms with van der Waals surface area (Å²) < 4.78 is 26.9. The van der Waals surface area contributed by atoms with Gasteiger partial charge >= 0.3 is 13.8 Å². The second-order valence-electron chi connectivity index (χ2n) is 15.4. The number of hydrogen-bond donors (Lipinski definition) is 3. The first-order valence-corrected chi connectivity index (χ1v) is 24.2. The van der Waals surface area contributed by atoms with E-state index in [0.717, 1.165) is 57.8 Å². The summed E-state index contributed by atoms with van der Waals surface area (Å²) in [5.74, 6) is -0.515. The van der Waals surface area contributed by atoms with Gasteiger partial charge in [-0.05, 0) is 38.5 Å². The first kappa shape index (κ1) is 52.8. The smallest absolute Gasteiger partial charge is 0.463 e. The summed E-state index contributed by atoms with van der Waals surface area (Å²) in [5.41, 5.74) is 0. The van der Waals surface area contributed by atoms with Crippen LogP contribution in [-0.2, 0) is 27.9 Å². The van der Waals surface area contributed by atoms with Gasteiger partial charge in [-0.1, -0.05) is 187 Å². The monoisotopic (exact) mass is 788 g/mol. The number of phosphoric acid groups is 1. The van der Waals surface area contributed by atoms with E-state index in [9.17, 15) is 24.2 Å². The molecular formula is C44H86NO8P. The number of aliphatic hydroxyl groups is 1. The van der Waals surface area contributed by atoms with Gasteiger partial charge in [0.25, 0.3) is 0 Å². The van der Waals surface area contributed by atoms with E-state index in [1.54, 1.807) is 0 Å². The number of carbonyl (C=O) groups is 2. The summed E-state index contributed by atoms with van der Waals surface area (Å²) in [6.45, 7) is 3.57. The Bertz CT molecular complexity index is 902. The predicted molar refractivity (Wildman–Crippen MR) is 225 cm³/mol. The summed E-state index contributed by atoms with van der Waals surface area (Å²) in [6, 6.07) is 0. The van der Waals surface area contributed by atoms with Crippen LogP contribution in [-0.4, -0.2) is 54.3 Å². The number of unbranched alkanes of at least 4 members (excludes halogenated alkanes) is 28. The van der Waals surface area contributed by atoms with Crippen molar-refractivity contribution >= 4 is 19.7 Å². The number of amides is 1. The van der Waals surface area contributed by atoms with Crippen molar-refractivity contribution in [1.29, 1.82) is 0 Å². The van der Waals surface area contributed by atoms with Crippen molar-refractivity contribution < 1.29 is 37.9 Å². The van der Waals surface area contributed by atoms with E-state index < -0.39 is 26.5 Å². The zero-order valence-electron chi connectivity index (χ0n) is 35.2. The van der Waals surface area contributed by atoms with Crippen LogP contribution in [0.15, 0.2) is 12.2 Å². The van der Waals surface area contributed by atoms with Gasteiger partial charge in [-0.15, -0.1) is 0 Å². The van der Waals surface area contributed by atoms with E-state index in [0.29, 0.717) is 6.42 Å². The van der Waals surface area contributed by atoms with E-state index in [2.05, 4.69) is 31.3 Å². The van der Waals surface area contributed by atoms with Crippen LogP contribution < -0.4 is 5.32 Å². The zero-order valence-corrected chi connectivity index (χ0v) is 36.1. The van der Waals surface area contributed by atoms with Gasteiger partial charge in [-0.3, -0.25) is 18.6 Å². The number of allylic oxidation sites excluding steroid dienone is 2. The lowest BCUT2D eigenvalue weighted by Gasteiger charge is -2.15. The Balaban J connectivity index is 3.56. The molecule has 0 saturated carbocycles. The Labute approximate surface area is 332 Å². The molecule has 0 aromatic carbocycles. The number of esters is 1. The average Bonchev–Trinajstić information content (AvgIpc) is 3.16. The molecule has 0 aliphatic carbocycles. The molecule has 0 radical (unpaired) electrons. The predicted octanol–water partition coefficient (Wildman–Crippen LogP) is 12.6. The lowest BCUT2D eigenvalue weighted by atomic mass is 10.0. The molecule has 0 aromatic rings. The minimum atomic E-state index is -4.41. The molecule has 0 aliphatic rings. The van der Waals surface area contributed by atoms with Crippen molar-refractivity contribution in [2.75, 3.05) is 26.4 Å². The third-order valence-corrected chi connectivity index (χ3v) is 10.9. The number of hydrogen-bond acceptors (Lipinski definition) is 7. The molecule has 10 heteroatoms. The molecule has 0 fully saturated rings. The highest BCUT2D eigenvalue weighted by molar-refractivity contribution is 7.47. The SMILES string of the molecule is CCCCCCCC/C=C\CCCCCCCC(=O)OCC(O)COP(=O)(O)OCCNC(=O)CCCCCCCCCCCCCCCCCCCC. The van der Waals surface area contributed by atoms with E-state index in [1.807, 2.05) is 0 Å². The summed E-state index contributed by atoms with van der Waals surface area (Å²) in [6.07, 6.45) is 42.8. The third-order valence-electron chi connectivity index (χ3n) is 9.95. The van der Waals surface area contributed by atoms with Gasteiger partial charge in [0.05, 0.1) is 13.2 Å². The summed E-state index contributed by atoms with van der Waals surface area (Å²) in [4.78, 5) is 33.9. The molecule has 0 saturated heterocycles.